The normalized spacial score (nSPS) is 15.4. The van der Waals surface area contributed by atoms with E-state index in [0.717, 1.165) is 11.1 Å². The minimum Gasteiger partial charge on any atom is -0.379 e. The van der Waals surface area contributed by atoms with Gasteiger partial charge in [-0.15, -0.1) is 0 Å². The number of carbonyl (C=O) groups is 1. The summed E-state index contributed by atoms with van der Waals surface area (Å²) in [6.07, 6.45) is 0. The summed E-state index contributed by atoms with van der Waals surface area (Å²) in [5.41, 5.74) is 2.49. The number of benzene rings is 3. The van der Waals surface area contributed by atoms with Gasteiger partial charge in [0.25, 0.3) is 15.9 Å². The first kappa shape index (κ1) is 24.8. The smallest absolute Gasteiger partial charge is 0.261 e. The molecule has 2 N–H and O–H groups in total. The molecule has 184 valence electrons. The van der Waals surface area contributed by atoms with E-state index < -0.39 is 15.9 Å². The molecule has 1 atom stereocenters. The molecule has 0 aromatic heterocycles. The molecular weight excluding hydrogens is 469 g/mol. The van der Waals surface area contributed by atoms with Crippen molar-refractivity contribution in [3.8, 4) is 0 Å². The molecule has 0 aliphatic carbocycles. The highest BCUT2D eigenvalue weighted by Crippen LogP contribution is 2.22. The number of sulfonamides is 1. The van der Waals surface area contributed by atoms with Gasteiger partial charge >= 0.3 is 0 Å². The second-order valence-electron chi connectivity index (χ2n) is 8.43. The van der Waals surface area contributed by atoms with Crippen molar-refractivity contribution >= 4 is 21.6 Å². The molecule has 1 amide bonds. The van der Waals surface area contributed by atoms with Crippen LogP contribution in [0.4, 0.5) is 10.1 Å². The van der Waals surface area contributed by atoms with Gasteiger partial charge in [0.1, 0.15) is 5.82 Å². The van der Waals surface area contributed by atoms with Crippen LogP contribution in [0.3, 0.4) is 0 Å². The molecule has 35 heavy (non-hydrogen) atoms. The Kier molecular flexibility index (Phi) is 7.80. The summed E-state index contributed by atoms with van der Waals surface area (Å²) in [7, 11) is -3.87. The number of hydrogen-bond donors (Lipinski definition) is 2. The lowest BCUT2D eigenvalue weighted by Gasteiger charge is -2.35. The number of rotatable bonds is 8. The summed E-state index contributed by atoms with van der Waals surface area (Å²) in [6, 6.07) is 19.0. The van der Waals surface area contributed by atoms with Gasteiger partial charge in [-0.3, -0.25) is 14.4 Å². The Balaban J connectivity index is 1.48. The number of halogens is 1. The Hall–Kier alpha value is -3.27. The molecule has 1 saturated heterocycles. The molecular formula is C26H28FN3O4S. The Morgan fingerprint density at radius 3 is 2.46 bits per heavy atom. The first-order valence-corrected chi connectivity index (χ1v) is 12.9. The van der Waals surface area contributed by atoms with Gasteiger partial charge < -0.3 is 10.1 Å². The number of carbonyl (C=O) groups excluding carboxylic acids is 1. The van der Waals surface area contributed by atoms with Crippen LogP contribution in [0.5, 0.6) is 0 Å². The van der Waals surface area contributed by atoms with E-state index in [-0.39, 0.29) is 28.9 Å². The second-order valence-corrected chi connectivity index (χ2v) is 10.1. The summed E-state index contributed by atoms with van der Waals surface area (Å²) in [6.45, 7) is 4.70. The molecule has 9 heteroatoms. The fourth-order valence-electron chi connectivity index (χ4n) is 4.05. The average Bonchev–Trinajstić information content (AvgIpc) is 2.85. The topological polar surface area (TPSA) is 87.7 Å². The largest absolute Gasteiger partial charge is 0.379 e. The molecule has 0 radical (unpaired) electrons. The van der Waals surface area contributed by atoms with Gasteiger partial charge in [-0.1, -0.05) is 30.3 Å². The van der Waals surface area contributed by atoms with Crippen molar-refractivity contribution in [1.29, 1.82) is 0 Å². The lowest BCUT2D eigenvalue weighted by atomic mass is 10.0. The molecule has 0 bridgehead atoms. The Bertz CT molecular complexity index is 1280. The van der Waals surface area contributed by atoms with E-state index in [0.29, 0.717) is 32.0 Å². The molecule has 0 saturated carbocycles. The van der Waals surface area contributed by atoms with Crippen LogP contribution in [0.2, 0.25) is 0 Å². The minimum atomic E-state index is -3.87. The number of nitrogens with one attached hydrogen (secondary N) is 2. The van der Waals surface area contributed by atoms with Crippen molar-refractivity contribution < 1.29 is 22.3 Å². The third-order valence-corrected chi connectivity index (χ3v) is 7.25. The first-order chi connectivity index (χ1) is 16.8. The fourth-order valence-corrected chi connectivity index (χ4v) is 5.15. The summed E-state index contributed by atoms with van der Waals surface area (Å²) < 4.78 is 47.2. The van der Waals surface area contributed by atoms with E-state index in [2.05, 4.69) is 14.9 Å². The van der Waals surface area contributed by atoms with Gasteiger partial charge in [-0.25, -0.2) is 12.8 Å². The van der Waals surface area contributed by atoms with Gasteiger partial charge in [0.2, 0.25) is 0 Å². The fraction of sp³-hybridized carbons (Fsp3) is 0.269. The van der Waals surface area contributed by atoms with E-state index in [1.807, 2.05) is 13.0 Å². The van der Waals surface area contributed by atoms with E-state index >= 15 is 0 Å². The van der Waals surface area contributed by atoms with Crippen molar-refractivity contribution in [3.05, 3.63) is 95.3 Å². The van der Waals surface area contributed by atoms with Gasteiger partial charge in [0, 0.05) is 30.9 Å². The molecule has 0 unspecified atom stereocenters. The average molecular weight is 498 g/mol. The monoisotopic (exact) mass is 497 g/mol. The minimum absolute atomic E-state index is 0.00470. The summed E-state index contributed by atoms with van der Waals surface area (Å²) in [4.78, 5) is 15.1. The number of anilines is 1. The molecule has 7 nitrogen and oxygen atoms in total. The molecule has 3 aromatic carbocycles. The van der Waals surface area contributed by atoms with Crippen LogP contribution in [0, 0.1) is 12.7 Å². The Labute approximate surface area is 205 Å². The maximum atomic E-state index is 13.5. The van der Waals surface area contributed by atoms with E-state index in [1.165, 1.54) is 24.3 Å². The maximum Gasteiger partial charge on any atom is 0.261 e. The van der Waals surface area contributed by atoms with Gasteiger partial charge in [-0.2, -0.15) is 0 Å². The molecule has 1 fully saturated rings. The van der Waals surface area contributed by atoms with Crippen LogP contribution < -0.4 is 10.0 Å². The van der Waals surface area contributed by atoms with Crippen molar-refractivity contribution in [2.45, 2.75) is 17.9 Å². The van der Waals surface area contributed by atoms with Crippen LogP contribution in [-0.2, 0) is 14.8 Å². The third-order valence-electron chi connectivity index (χ3n) is 5.87. The number of nitrogens with zero attached hydrogens (tertiary/aromatic N) is 1. The third kappa shape index (κ3) is 6.45. The quantitative estimate of drug-likeness (QED) is 0.495. The summed E-state index contributed by atoms with van der Waals surface area (Å²) in [5.74, 6) is -0.714. The molecule has 3 aromatic rings. The molecule has 0 spiro atoms. The highest BCUT2D eigenvalue weighted by atomic mass is 32.2. The summed E-state index contributed by atoms with van der Waals surface area (Å²) in [5, 5.41) is 2.91. The van der Waals surface area contributed by atoms with Crippen LogP contribution in [0.25, 0.3) is 0 Å². The van der Waals surface area contributed by atoms with Crippen LogP contribution in [0.1, 0.15) is 27.5 Å². The summed E-state index contributed by atoms with van der Waals surface area (Å²) >= 11 is 0. The van der Waals surface area contributed by atoms with E-state index in [1.54, 1.807) is 42.5 Å². The van der Waals surface area contributed by atoms with Crippen LogP contribution >= 0.6 is 0 Å². The molecule has 1 aliphatic heterocycles. The lowest BCUT2D eigenvalue weighted by molar-refractivity contribution is 0.0162. The Morgan fingerprint density at radius 2 is 1.74 bits per heavy atom. The lowest BCUT2D eigenvalue weighted by Crippen LogP contribution is -2.43. The highest BCUT2D eigenvalue weighted by molar-refractivity contribution is 7.92. The zero-order chi connectivity index (χ0) is 24.8. The second kappa shape index (κ2) is 11.0. The molecule has 1 aliphatic rings. The highest BCUT2D eigenvalue weighted by Gasteiger charge is 2.24. The number of amides is 1. The number of ether oxygens (including phenoxy) is 1. The predicted molar refractivity (Wildman–Crippen MR) is 132 cm³/mol. The van der Waals surface area contributed by atoms with Crippen molar-refractivity contribution in [2.75, 3.05) is 37.6 Å². The predicted octanol–water partition coefficient (Wildman–Crippen LogP) is 3.74. The molecule has 4 rings (SSSR count). The number of morpholine rings is 1. The first-order valence-electron chi connectivity index (χ1n) is 11.4. The van der Waals surface area contributed by atoms with Crippen molar-refractivity contribution in [2.24, 2.45) is 0 Å². The zero-order valence-electron chi connectivity index (χ0n) is 19.4. The zero-order valence-corrected chi connectivity index (χ0v) is 20.2. The van der Waals surface area contributed by atoms with Gasteiger partial charge in [0.05, 0.1) is 24.2 Å². The van der Waals surface area contributed by atoms with Crippen molar-refractivity contribution in [3.63, 3.8) is 0 Å². The van der Waals surface area contributed by atoms with E-state index in [9.17, 15) is 17.6 Å². The number of hydrogen-bond acceptors (Lipinski definition) is 5. The number of aryl methyl sites for hydroxylation is 1. The standard InChI is InChI=1S/C26H28FN3O4S/c1-19-4-2-6-23(16-19)29-35(32,33)24-7-3-5-21(17-24)26(31)28-18-25(30-12-14-34-15-13-30)20-8-10-22(27)11-9-20/h2-11,16-17,25,29H,12-15,18H2,1H3,(H,28,31)/t25-/m1/s1. The van der Waals surface area contributed by atoms with Crippen LogP contribution in [0.15, 0.2) is 77.7 Å². The van der Waals surface area contributed by atoms with Gasteiger partial charge in [0.15, 0.2) is 0 Å². The molecule has 1 heterocycles. The van der Waals surface area contributed by atoms with Crippen molar-refractivity contribution in [1.82, 2.24) is 10.2 Å². The van der Waals surface area contributed by atoms with Crippen LogP contribution in [-0.4, -0.2) is 52.1 Å². The SMILES string of the molecule is Cc1cccc(NS(=O)(=O)c2cccc(C(=O)NC[C@H](c3ccc(F)cc3)N3CCOCC3)c2)c1. The maximum absolute atomic E-state index is 13.5. The van der Waals surface area contributed by atoms with Gasteiger partial charge in [-0.05, 0) is 60.5 Å². The van der Waals surface area contributed by atoms with E-state index in [4.69, 9.17) is 4.74 Å². The Morgan fingerprint density at radius 1 is 1.03 bits per heavy atom.